The Balaban J connectivity index is 2.23. The first kappa shape index (κ1) is 19.0. The number of phenols is 1. The van der Waals surface area contributed by atoms with Crippen molar-refractivity contribution >= 4 is 5.78 Å². The number of aliphatic hydroxyl groups excluding tert-OH is 1. The SMILES string of the molecule is Cc1cc(OCC(=O)CO)cc(C)c1Cc1ccc(O)c(C(C)C)c1. The summed E-state index contributed by atoms with van der Waals surface area (Å²) in [6.07, 6.45) is 0.771. The molecule has 0 amide bonds. The number of carbonyl (C=O) groups excluding carboxylic acids is 1. The van der Waals surface area contributed by atoms with E-state index in [4.69, 9.17) is 9.84 Å². The normalized spacial score (nSPS) is 11.0. The summed E-state index contributed by atoms with van der Waals surface area (Å²) in [6, 6.07) is 9.59. The summed E-state index contributed by atoms with van der Waals surface area (Å²) >= 11 is 0. The van der Waals surface area contributed by atoms with Crippen molar-refractivity contribution in [3.8, 4) is 11.5 Å². The van der Waals surface area contributed by atoms with Gasteiger partial charge >= 0.3 is 0 Å². The Hall–Kier alpha value is -2.33. The highest BCUT2D eigenvalue weighted by molar-refractivity contribution is 5.80. The molecule has 0 saturated carbocycles. The third kappa shape index (κ3) is 4.83. The van der Waals surface area contributed by atoms with Crippen molar-refractivity contribution in [1.29, 1.82) is 0 Å². The number of carbonyl (C=O) groups is 1. The number of hydrogen-bond acceptors (Lipinski definition) is 4. The fourth-order valence-electron chi connectivity index (χ4n) is 2.91. The van der Waals surface area contributed by atoms with Crippen molar-refractivity contribution in [3.63, 3.8) is 0 Å². The largest absolute Gasteiger partial charge is 0.508 e. The van der Waals surface area contributed by atoms with Gasteiger partial charge in [-0.25, -0.2) is 0 Å². The molecular formula is C21H26O4. The van der Waals surface area contributed by atoms with Gasteiger partial charge < -0.3 is 14.9 Å². The molecule has 4 nitrogen and oxygen atoms in total. The molecule has 0 aromatic heterocycles. The van der Waals surface area contributed by atoms with E-state index in [1.807, 2.05) is 32.0 Å². The maximum atomic E-state index is 11.2. The molecule has 2 rings (SSSR count). The number of aliphatic hydroxyl groups is 1. The van der Waals surface area contributed by atoms with Crippen molar-refractivity contribution in [2.75, 3.05) is 13.2 Å². The van der Waals surface area contributed by atoms with Gasteiger partial charge in [-0.3, -0.25) is 4.79 Å². The molecule has 0 aliphatic rings. The number of hydrogen-bond donors (Lipinski definition) is 2. The minimum Gasteiger partial charge on any atom is -0.508 e. The first-order valence-electron chi connectivity index (χ1n) is 8.49. The molecule has 0 fully saturated rings. The van der Waals surface area contributed by atoms with E-state index in [1.165, 1.54) is 5.56 Å². The van der Waals surface area contributed by atoms with Crippen LogP contribution in [0.25, 0.3) is 0 Å². The smallest absolute Gasteiger partial charge is 0.195 e. The molecule has 0 radical (unpaired) electrons. The summed E-state index contributed by atoms with van der Waals surface area (Å²) in [4.78, 5) is 11.2. The molecule has 0 heterocycles. The van der Waals surface area contributed by atoms with Crippen LogP contribution in [0.3, 0.4) is 0 Å². The van der Waals surface area contributed by atoms with Gasteiger partial charge in [-0.2, -0.15) is 0 Å². The standard InChI is InChI=1S/C21H26O4/c1-13(2)19-9-16(5-6-21(19)24)10-20-14(3)7-18(8-15(20)4)25-12-17(23)11-22/h5-9,13,22,24H,10-12H2,1-4H3. The summed E-state index contributed by atoms with van der Waals surface area (Å²) in [5.74, 6) is 0.894. The van der Waals surface area contributed by atoms with E-state index in [-0.39, 0.29) is 18.3 Å². The predicted octanol–water partition coefficient (Wildman–Crippen LogP) is 3.66. The number of phenolic OH excluding ortho intramolecular Hbond substituents is 1. The van der Waals surface area contributed by atoms with E-state index in [1.54, 1.807) is 6.07 Å². The second-order valence-corrected chi connectivity index (χ2v) is 6.75. The van der Waals surface area contributed by atoms with Gasteiger partial charge in [-0.1, -0.05) is 26.0 Å². The molecule has 2 aromatic rings. The molecule has 0 bridgehead atoms. The summed E-state index contributed by atoms with van der Waals surface area (Å²) in [6.45, 7) is 7.55. The highest BCUT2D eigenvalue weighted by atomic mass is 16.5. The molecule has 0 saturated heterocycles. The van der Waals surface area contributed by atoms with E-state index < -0.39 is 6.61 Å². The van der Waals surface area contributed by atoms with Crippen molar-refractivity contribution in [2.24, 2.45) is 0 Å². The number of aryl methyl sites for hydroxylation is 2. The van der Waals surface area contributed by atoms with Gasteiger partial charge in [0.15, 0.2) is 5.78 Å². The molecule has 0 atom stereocenters. The van der Waals surface area contributed by atoms with Crippen molar-refractivity contribution in [1.82, 2.24) is 0 Å². The predicted molar refractivity (Wildman–Crippen MR) is 98.5 cm³/mol. The van der Waals surface area contributed by atoms with Crippen LogP contribution < -0.4 is 4.74 Å². The first-order chi connectivity index (χ1) is 11.8. The second-order valence-electron chi connectivity index (χ2n) is 6.75. The van der Waals surface area contributed by atoms with Crippen LogP contribution in [0.1, 0.15) is 47.6 Å². The maximum absolute atomic E-state index is 11.2. The van der Waals surface area contributed by atoms with Crippen molar-refractivity contribution in [2.45, 2.75) is 40.0 Å². The number of ether oxygens (including phenoxy) is 1. The monoisotopic (exact) mass is 342 g/mol. The Morgan fingerprint density at radius 1 is 1.12 bits per heavy atom. The fourth-order valence-corrected chi connectivity index (χ4v) is 2.91. The van der Waals surface area contributed by atoms with E-state index >= 15 is 0 Å². The molecule has 25 heavy (non-hydrogen) atoms. The van der Waals surface area contributed by atoms with Gasteiger partial charge in [-0.15, -0.1) is 0 Å². The van der Waals surface area contributed by atoms with Gasteiger partial charge in [0.05, 0.1) is 0 Å². The third-order valence-electron chi connectivity index (χ3n) is 4.34. The highest BCUT2D eigenvalue weighted by Gasteiger charge is 2.11. The van der Waals surface area contributed by atoms with E-state index in [0.717, 1.165) is 28.7 Å². The van der Waals surface area contributed by atoms with Crippen LogP contribution >= 0.6 is 0 Å². The summed E-state index contributed by atoms with van der Waals surface area (Å²) < 4.78 is 5.45. The first-order valence-corrected chi connectivity index (χ1v) is 8.49. The summed E-state index contributed by atoms with van der Waals surface area (Å²) in [7, 11) is 0. The number of rotatable bonds is 7. The van der Waals surface area contributed by atoms with Gasteiger partial charge in [0, 0.05) is 0 Å². The molecule has 4 heteroatoms. The Labute approximate surface area is 149 Å². The van der Waals surface area contributed by atoms with Crippen LogP contribution in [-0.2, 0) is 11.2 Å². The molecule has 0 aliphatic carbocycles. The molecule has 0 unspecified atom stereocenters. The highest BCUT2D eigenvalue weighted by Crippen LogP contribution is 2.29. The Morgan fingerprint density at radius 3 is 2.32 bits per heavy atom. The maximum Gasteiger partial charge on any atom is 0.195 e. The van der Waals surface area contributed by atoms with Crippen molar-refractivity contribution in [3.05, 3.63) is 58.1 Å². The van der Waals surface area contributed by atoms with Gasteiger partial charge in [-0.05, 0) is 72.2 Å². The lowest BCUT2D eigenvalue weighted by Gasteiger charge is -2.15. The number of Topliss-reactive ketones (excluding diaryl/α,β-unsaturated/α-hetero) is 1. The van der Waals surface area contributed by atoms with Crippen LogP contribution in [0.2, 0.25) is 0 Å². The lowest BCUT2D eigenvalue weighted by molar-refractivity contribution is -0.123. The topological polar surface area (TPSA) is 66.8 Å². The van der Waals surface area contributed by atoms with Crippen LogP contribution in [-0.4, -0.2) is 29.2 Å². The molecule has 2 N–H and O–H groups in total. The number of ketones is 1. The quantitative estimate of drug-likeness (QED) is 0.806. The van der Waals surface area contributed by atoms with Crippen LogP contribution in [0, 0.1) is 13.8 Å². The molecule has 0 aliphatic heterocycles. The van der Waals surface area contributed by atoms with Crippen LogP contribution in [0.5, 0.6) is 11.5 Å². The zero-order valence-electron chi connectivity index (χ0n) is 15.3. The lowest BCUT2D eigenvalue weighted by atomic mass is 9.93. The van der Waals surface area contributed by atoms with Crippen molar-refractivity contribution < 1.29 is 19.7 Å². The number of aromatic hydroxyl groups is 1. The average Bonchev–Trinajstić information content (AvgIpc) is 2.57. The van der Waals surface area contributed by atoms with Crippen LogP contribution in [0.4, 0.5) is 0 Å². The Kier molecular flexibility index (Phi) is 6.21. The summed E-state index contributed by atoms with van der Waals surface area (Å²) in [5.41, 5.74) is 5.49. The number of benzene rings is 2. The Bertz CT molecular complexity index is 739. The van der Waals surface area contributed by atoms with Gasteiger partial charge in [0.2, 0.25) is 0 Å². The van der Waals surface area contributed by atoms with Crippen LogP contribution in [0.15, 0.2) is 30.3 Å². The van der Waals surface area contributed by atoms with E-state index in [0.29, 0.717) is 11.5 Å². The molecular weight excluding hydrogens is 316 g/mol. The average molecular weight is 342 g/mol. The minimum atomic E-state index is -0.505. The van der Waals surface area contributed by atoms with E-state index in [2.05, 4.69) is 19.9 Å². The Morgan fingerprint density at radius 2 is 1.76 bits per heavy atom. The van der Waals surface area contributed by atoms with E-state index in [9.17, 15) is 9.90 Å². The minimum absolute atomic E-state index is 0.121. The lowest BCUT2D eigenvalue weighted by Crippen LogP contribution is -2.15. The molecule has 0 spiro atoms. The molecule has 2 aromatic carbocycles. The third-order valence-corrected chi connectivity index (χ3v) is 4.34. The van der Waals surface area contributed by atoms with Gasteiger partial charge in [0.1, 0.15) is 24.7 Å². The zero-order chi connectivity index (χ0) is 18.6. The summed E-state index contributed by atoms with van der Waals surface area (Å²) in [5, 5.41) is 18.7. The zero-order valence-corrected chi connectivity index (χ0v) is 15.3. The van der Waals surface area contributed by atoms with Gasteiger partial charge in [0.25, 0.3) is 0 Å². The second kappa shape index (κ2) is 8.17. The molecule has 134 valence electrons. The fraction of sp³-hybridized carbons (Fsp3) is 0.381.